The summed E-state index contributed by atoms with van der Waals surface area (Å²) < 4.78 is 3.39. The molecule has 0 saturated heterocycles. The molecule has 0 aliphatic rings. The molecule has 0 unspecified atom stereocenters. The van der Waals surface area contributed by atoms with Gasteiger partial charge in [-0.05, 0) is 35.2 Å². The van der Waals surface area contributed by atoms with Gasteiger partial charge in [0.1, 0.15) is 0 Å². The van der Waals surface area contributed by atoms with Gasteiger partial charge in [0.25, 0.3) is 5.56 Å². The molecule has 4 rings (SSSR count). The van der Waals surface area contributed by atoms with E-state index in [1.54, 1.807) is 9.35 Å². The number of para-hydroxylation sites is 1. The maximum Gasteiger partial charge on any atom is 0.281 e. The first-order valence-electron chi connectivity index (χ1n) is 8.71. The van der Waals surface area contributed by atoms with Gasteiger partial charge in [0.05, 0.1) is 10.9 Å². The molecule has 0 spiro atoms. The lowest BCUT2D eigenvalue weighted by atomic mass is 9.86. The molecule has 0 bridgehead atoms. The molecular formula is C22H21N3O. The molecule has 4 nitrogen and oxygen atoms in total. The molecule has 2 aromatic heterocycles. The molecule has 0 fully saturated rings. The van der Waals surface area contributed by atoms with Crippen LogP contribution >= 0.6 is 0 Å². The van der Waals surface area contributed by atoms with Gasteiger partial charge >= 0.3 is 0 Å². The minimum atomic E-state index is -0.0818. The zero-order chi connectivity index (χ0) is 18.3. The summed E-state index contributed by atoms with van der Waals surface area (Å²) in [6.07, 6.45) is 3.70. The molecule has 26 heavy (non-hydrogen) atoms. The van der Waals surface area contributed by atoms with Gasteiger partial charge in [-0.1, -0.05) is 57.2 Å². The van der Waals surface area contributed by atoms with Crippen LogP contribution in [0.25, 0.3) is 22.3 Å². The summed E-state index contributed by atoms with van der Waals surface area (Å²) in [5, 5.41) is 0.608. The Morgan fingerprint density at radius 3 is 2.15 bits per heavy atom. The van der Waals surface area contributed by atoms with Gasteiger partial charge in [0, 0.05) is 18.0 Å². The zero-order valence-corrected chi connectivity index (χ0v) is 15.2. The molecule has 0 aliphatic heterocycles. The number of benzene rings is 2. The highest BCUT2D eigenvalue weighted by molar-refractivity contribution is 5.79. The lowest BCUT2D eigenvalue weighted by Gasteiger charge is -2.20. The first-order chi connectivity index (χ1) is 12.4. The smallest absolute Gasteiger partial charge is 0.267 e. The number of fused-ring (bicyclic) bond motifs is 1. The van der Waals surface area contributed by atoms with Crippen LogP contribution in [0, 0.1) is 0 Å². The number of aromatic nitrogens is 3. The van der Waals surface area contributed by atoms with E-state index in [9.17, 15) is 4.79 Å². The van der Waals surface area contributed by atoms with Crippen LogP contribution in [0.5, 0.6) is 0 Å². The summed E-state index contributed by atoms with van der Waals surface area (Å²) in [5.74, 6) is 0.630. The molecule has 0 saturated carbocycles. The SMILES string of the molecule is CC(C)(C)c1ccc(-c2nc3ccccc3c(=O)n2-n2cccc2)cc1. The van der Waals surface area contributed by atoms with E-state index in [0.717, 1.165) is 5.56 Å². The Bertz CT molecular complexity index is 1110. The largest absolute Gasteiger partial charge is 0.281 e. The molecule has 2 aromatic carbocycles. The minimum Gasteiger partial charge on any atom is -0.267 e. The van der Waals surface area contributed by atoms with Crippen molar-refractivity contribution in [1.82, 2.24) is 14.3 Å². The maximum absolute atomic E-state index is 13.1. The average Bonchev–Trinajstić information content (AvgIpc) is 3.15. The summed E-state index contributed by atoms with van der Waals surface area (Å²) in [5.41, 5.74) is 2.86. The first kappa shape index (κ1) is 16.3. The molecule has 0 N–H and O–H groups in total. The Hall–Kier alpha value is -3.14. The van der Waals surface area contributed by atoms with E-state index >= 15 is 0 Å². The van der Waals surface area contributed by atoms with Crippen molar-refractivity contribution >= 4 is 10.9 Å². The van der Waals surface area contributed by atoms with Crippen LogP contribution in [0.1, 0.15) is 26.3 Å². The van der Waals surface area contributed by atoms with Crippen LogP contribution in [0.2, 0.25) is 0 Å². The second-order valence-electron chi connectivity index (χ2n) is 7.46. The lowest BCUT2D eigenvalue weighted by Crippen LogP contribution is -2.28. The second kappa shape index (κ2) is 5.99. The summed E-state index contributed by atoms with van der Waals surface area (Å²) in [6, 6.07) is 19.6. The van der Waals surface area contributed by atoms with Crippen LogP contribution in [0.15, 0.2) is 77.9 Å². The highest BCUT2D eigenvalue weighted by Crippen LogP contribution is 2.26. The summed E-state index contributed by atoms with van der Waals surface area (Å²) in [6.45, 7) is 6.56. The predicted molar refractivity (Wildman–Crippen MR) is 105 cm³/mol. The Balaban J connectivity index is 2.00. The van der Waals surface area contributed by atoms with E-state index in [2.05, 4.69) is 32.9 Å². The van der Waals surface area contributed by atoms with Gasteiger partial charge < -0.3 is 0 Å². The maximum atomic E-state index is 13.1. The standard InChI is InChI=1S/C22H21N3O/c1-22(2,3)17-12-10-16(11-13-17)20-23-19-9-5-4-8-18(19)21(26)25(20)24-14-6-7-15-24/h4-15H,1-3H3. The van der Waals surface area contributed by atoms with E-state index in [1.807, 2.05) is 60.9 Å². The topological polar surface area (TPSA) is 39.8 Å². The fourth-order valence-corrected chi connectivity index (χ4v) is 3.10. The quantitative estimate of drug-likeness (QED) is 0.538. The minimum absolute atomic E-state index is 0.0788. The fourth-order valence-electron chi connectivity index (χ4n) is 3.10. The van der Waals surface area contributed by atoms with E-state index in [4.69, 9.17) is 4.98 Å². The Labute approximate surface area is 152 Å². The third-order valence-corrected chi connectivity index (χ3v) is 4.58. The van der Waals surface area contributed by atoms with Gasteiger partial charge in [0.15, 0.2) is 5.82 Å². The number of rotatable bonds is 2. The summed E-state index contributed by atoms with van der Waals surface area (Å²) in [4.78, 5) is 17.9. The predicted octanol–water partition coefficient (Wildman–Crippen LogP) is 4.47. The van der Waals surface area contributed by atoms with Crippen LogP contribution in [-0.4, -0.2) is 14.3 Å². The number of nitrogens with zero attached hydrogens (tertiary/aromatic N) is 3. The average molecular weight is 343 g/mol. The van der Waals surface area contributed by atoms with Crippen molar-refractivity contribution in [1.29, 1.82) is 0 Å². The van der Waals surface area contributed by atoms with Crippen LogP contribution in [0.4, 0.5) is 0 Å². The molecule has 4 aromatic rings. The van der Waals surface area contributed by atoms with E-state index in [1.165, 1.54) is 5.56 Å². The van der Waals surface area contributed by atoms with Gasteiger partial charge in [-0.3, -0.25) is 9.47 Å². The van der Waals surface area contributed by atoms with E-state index < -0.39 is 0 Å². The number of hydrogen-bond donors (Lipinski definition) is 0. The van der Waals surface area contributed by atoms with E-state index in [-0.39, 0.29) is 11.0 Å². The van der Waals surface area contributed by atoms with Gasteiger partial charge in [0.2, 0.25) is 0 Å². The highest BCUT2D eigenvalue weighted by atomic mass is 16.1. The van der Waals surface area contributed by atoms with Crippen molar-refractivity contribution < 1.29 is 0 Å². The van der Waals surface area contributed by atoms with Crippen molar-refractivity contribution in [3.05, 3.63) is 89.0 Å². The van der Waals surface area contributed by atoms with Crippen LogP contribution in [-0.2, 0) is 5.41 Å². The van der Waals surface area contributed by atoms with Crippen molar-refractivity contribution in [2.24, 2.45) is 0 Å². The summed E-state index contributed by atoms with van der Waals surface area (Å²) in [7, 11) is 0. The van der Waals surface area contributed by atoms with Crippen molar-refractivity contribution in [3.8, 4) is 11.4 Å². The molecule has 130 valence electrons. The first-order valence-corrected chi connectivity index (χ1v) is 8.71. The van der Waals surface area contributed by atoms with Crippen molar-refractivity contribution in [3.63, 3.8) is 0 Å². The monoisotopic (exact) mass is 343 g/mol. The van der Waals surface area contributed by atoms with Gasteiger partial charge in [-0.25, -0.2) is 4.98 Å². The molecule has 0 atom stereocenters. The second-order valence-corrected chi connectivity index (χ2v) is 7.46. The lowest BCUT2D eigenvalue weighted by molar-refractivity contribution is 0.590. The third kappa shape index (κ3) is 2.73. The third-order valence-electron chi connectivity index (χ3n) is 4.58. The molecule has 0 aliphatic carbocycles. The molecule has 0 amide bonds. The zero-order valence-electron chi connectivity index (χ0n) is 15.2. The molecule has 4 heteroatoms. The van der Waals surface area contributed by atoms with Crippen LogP contribution in [0.3, 0.4) is 0 Å². The van der Waals surface area contributed by atoms with E-state index in [0.29, 0.717) is 16.7 Å². The Kier molecular flexibility index (Phi) is 3.76. The Morgan fingerprint density at radius 2 is 1.50 bits per heavy atom. The number of hydrogen-bond acceptors (Lipinski definition) is 2. The fraction of sp³-hybridized carbons (Fsp3) is 0.182. The van der Waals surface area contributed by atoms with Crippen molar-refractivity contribution in [2.75, 3.05) is 0 Å². The summed E-state index contributed by atoms with van der Waals surface area (Å²) >= 11 is 0. The molecule has 2 heterocycles. The normalized spacial score (nSPS) is 11.8. The molecular weight excluding hydrogens is 322 g/mol. The Morgan fingerprint density at radius 1 is 0.846 bits per heavy atom. The van der Waals surface area contributed by atoms with Gasteiger partial charge in [-0.15, -0.1) is 0 Å². The molecule has 0 radical (unpaired) electrons. The van der Waals surface area contributed by atoms with Crippen LogP contribution < -0.4 is 5.56 Å². The van der Waals surface area contributed by atoms with Crippen molar-refractivity contribution in [2.45, 2.75) is 26.2 Å². The van der Waals surface area contributed by atoms with Gasteiger partial charge in [-0.2, -0.15) is 4.68 Å². The highest BCUT2D eigenvalue weighted by Gasteiger charge is 2.16.